The molecule has 0 nitrogen and oxygen atoms in total. The lowest BCUT2D eigenvalue weighted by Gasteiger charge is -2.12. The number of hydrogen-bond donors (Lipinski definition) is 0. The van der Waals surface area contributed by atoms with Crippen LogP contribution in [-0.2, 0) is 0 Å². The van der Waals surface area contributed by atoms with Crippen molar-refractivity contribution in [3.05, 3.63) is 0 Å². The summed E-state index contributed by atoms with van der Waals surface area (Å²) in [5.74, 6) is 6.58. The Kier molecular flexibility index (Phi) is 5.89. The molecule has 0 N–H and O–H groups in total. The summed E-state index contributed by atoms with van der Waals surface area (Å²) in [6.45, 7) is 8.84. The molecular formula is C12H22. The fourth-order valence-corrected chi connectivity index (χ4v) is 0.854. The van der Waals surface area contributed by atoms with Gasteiger partial charge < -0.3 is 0 Å². The Balaban J connectivity index is 3.58. The van der Waals surface area contributed by atoms with Crippen LogP contribution in [0.15, 0.2) is 0 Å². The zero-order valence-corrected chi connectivity index (χ0v) is 9.04. The van der Waals surface area contributed by atoms with Gasteiger partial charge in [0.1, 0.15) is 0 Å². The molecule has 0 bridgehead atoms. The van der Waals surface area contributed by atoms with Crippen LogP contribution in [0.25, 0.3) is 0 Å². The Hall–Kier alpha value is -0.440. The van der Waals surface area contributed by atoms with E-state index in [4.69, 9.17) is 0 Å². The van der Waals surface area contributed by atoms with Crippen molar-refractivity contribution >= 4 is 0 Å². The fourth-order valence-electron chi connectivity index (χ4n) is 0.854. The summed E-state index contributed by atoms with van der Waals surface area (Å²) >= 11 is 0. The van der Waals surface area contributed by atoms with Gasteiger partial charge in [0.05, 0.1) is 0 Å². The Morgan fingerprint density at radius 3 is 2.25 bits per heavy atom. The molecule has 0 rings (SSSR count). The predicted octanol–water partition coefficient (Wildman–Crippen LogP) is 4.01. The third-order valence-corrected chi connectivity index (χ3v) is 2.22. The number of hydrogen-bond acceptors (Lipinski definition) is 0. The van der Waals surface area contributed by atoms with E-state index in [1.54, 1.807) is 0 Å². The molecule has 12 heavy (non-hydrogen) atoms. The summed E-state index contributed by atoms with van der Waals surface area (Å²) in [5.41, 5.74) is 0.228. The minimum Gasteiger partial charge on any atom is -0.103 e. The van der Waals surface area contributed by atoms with Crippen LogP contribution >= 0.6 is 0 Å². The van der Waals surface area contributed by atoms with E-state index in [2.05, 4.69) is 39.5 Å². The Morgan fingerprint density at radius 1 is 1.08 bits per heavy atom. The number of unbranched alkanes of at least 4 members (excludes halogenated alkanes) is 3. The van der Waals surface area contributed by atoms with Gasteiger partial charge >= 0.3 is 0 Å². The molecule has 0 amide bonds. The highest BCUT2D eigenvalue weighted by molar-refractivity contribution is 5.08. The average Bonchev–Trinajstić information content (AvgIpc) is 2.04. The SMILES string of the molecule is CCCCCC#CC(C)(C)CC. The lowest BCUT2D eigenvalue weighted by molar-refractivity contribution is 0.484. The first-order valence-corrected chi connectivity index (χ1v) is 5.12. The van der Waals surface area contributed by atoms with Crippen molar-refractivity contribution < 1.29 is 0 Å². The highest BCUT2D eigenvalue weighted by Crippen LogP contribution is 2.17. The molecule has 0 heterocycles. The lowest BCUT2D eigenvalue weighted by atomic mass is 9.91. The van der Waals surface area contributed by atoms with Crippen LogP contribution in [0, 0.1) is 17.3 Å². The highest BCUT2D eigenvalue weighted by Gasteiger charge is 2.09. The van der Waals surface area contributed by atoms with Crippen molar-refractivity contribution in [3.63, 3.8) is 0 Å². The van der Waals surface area contributed by atoms with Gasteiger partial charge in [-0.05, 0) is 26.7 Å². The zero-order valence-electron chi connectivity index (χ0n) is 9.04. The third kappa shape index (κ3) is 6.28. The van der Waals surface area contributed by atoms with Gasteiger partial charge in [-0.15, -0.1) is 5.92 Å². The summed E-state index contributed by atoms with van der Waals surface area (Å²) in [5, 5.41) is 0. The molecule has 0 saturated heterocycles. The molecule has 0 aliphatic heterocycles. The summed E-state index contributed by atoms with van der Waals surface area (Å²) in [4.78, 5) is 0. The van der Waals surface area contributed by atoms with Gasteiger partial charge in [-0.2, -0.15) is 0 Å². The van der Waals surface area contributed by atoms with Crippen molar-refractivity contribution in [1.29, 1.82) is 0 Å². The molecule has 0 unspecified atom stereocenters. The van der Waals surface area contributed by atoms with Crippen molar-refractivity contribution in [2.45, 2.75) is 59.8 Å². The summed E-state index contributed by atoms with van der Waals surface area (Å²) in [6, 6.07) is 0. The molecule has 0 aromatic rings. The molecule has 0 atom stereocenters. The van der Waals surface area contributed by atoms with E-state index < -0.39 is 0 Å². The molecule has 0 fully saturated rings. The van der Waals surface area contributed by atoms with Crippen LogP contribution in [0.3, 0.4) is 0 Å². The molecule has 0 aliphatic rings. The molecule has 0 aromatic carbocycles. The first kappa shape index (κ1) is 11.6. The summed E-state index contributed by atoms with van der Waals surface area (Å²) < 4.78 is 0. The fraction of sp³-hybridized carbons (Fsp3) is 0.833. The standard InChI is InChI=1S/C12H22/c1-5-7-8-9-10-11-12(3,4)6-2/h5-9H2,1-4H3. The summed E-state index contributed by atoms with van der Waals surface area (Å²) in [7, 11) is 0. The van der Waals surface area contributed by atoms with Gasteiger partial charge in [0, 0.05) is 11.8 Å². The van der Waals surface area contributed by atoms with E-state index in [1.807, 2.05) is 0 Å². The third-order valence-electron chi connectivity index (χ3n) is 2.22. The first-order chi connectivity index (χ1) is 5.62. The maximum absolute atomic E-state index is 3.32. The van der Waals surface area contributed by atoms with Gasteiger partial charge in [-0.1, -0.05) is 32.6 Å². The molecule has 0 aliphatic carbocycles. The van der Waals surface area contributed by atoms with Gasteiger partial charge in [0.2, 0.25) is 0 Å². The van der Waals surface area contributed by atoms with Crippen molar-refractivity contribution in [2.24, 2.45) is 5.41 Å². The Labute approximate surface area is 77.8 Å². The molecule has 70 valence electrons. The summed E-state index contributed by atoms with van der Waals surface area (Å²) in [6.07, 6.45) is 6.11. The average molecular weight is 166 g/mol. The molecule has 0 saturated carbocycles. The topological polar surface area (TPSA) is 0 Å². The van der Waals surface area contributed by atoms with Gasteiger partial charge in [0.15, 0.2) is 0 Å². The van der Waals surface area contributed by atoms with E-state index in [0.717, 1.165) is 12.8 Å². The van der Waals surface area contributed by atoms with E-state index in [9.17, 15) is 0 Å². The Bertz CT molecular complexity index is 155. The maximum Gasteiger partial charge on any atom is 0.0255 e. The van der Waals surface area contributed by atoms with E-state index in [1.165, 1.54) is 19.3 Å². The van der Waals surface area contributed by atoms with E-state index in [0.29, 0.717) is 0 Å². The molecule has 0 heteroatoms. The minimum absolute atomic E-state index is 0.228. The van der Waals surface area contributed by atoms with E-state index in [-0.39, 0.29) is 5.41 Å². The lowest BCUT2D eigenvalue weighted by Crippen LogP contribution is -2.04. The second-order valence-electron chi connectivity index (χ2n) is 4.00. The van der Waals surface area contributed by atoms with E-state index >= 15 is 0 Å². The van der Waals surface area contributed by atoms with Gasteiger partial charge in [-0.25, -0.2) is 0 Å². The van der Waals surface area contributed by atoms with Crippen LogP contribution in [0.2, 0.25) is 0 Å². The van der Waals surface area contributed by atoms with Gasteiger partial charge in [0.25, 0.3) is 0 Å². The van der Waals surface area contributed by atoms with Crippen molar-refractivity contribution in [2.75, 3.05) is 0 Å². The Morgan fingerprint density at radius 2 is 1.75 bits per heavy atom. The molecule has 0 aromatic heterocycles. The predicted molar refractivity (Wildman–Crippen MR) is 56.0 cm³/mol. The van der Waals surface area contributed by atoms with Crippen LogP contribution in [0.1, 0.15) is 59.8 Å². The van der Waals surface area contributed by atoms with Crippen LogP contribution in [-0.4, -0.2) is 0 Å². The highest BCUT2D eigenvalue weighted by atomic mass is 14.1. The van der Waals surface area contributed by atoms with Crippen molar-refractivity contribution in [3.8, 4) is 11.8 Å². The minimum atomic E-state index is 0.228. The number of rotatable bonds is 4. The normalized spacial score (nSPS) is 10.7. The molecule has 0 spiro atoms. The monoisotopic (exact) mass is 166 g/mol. The largest absolute Gasteiger partial charge is 0.103 e. The van der Waals surface area contributed by atoms with Crippen molar-refractivity contribution in [1.82, 2.24) is 0 Å². The van der Waals surface area contributed by atoms with Gasteiger partial charge in [-0.3, -0.25) is 0 Å². The molecular weight excluding hydrogens is 144 g/mol. The first-order valence-electron chi connectivity index (χ1n) is 5.12. The van der Waals surface area contributed by atoms with Crippen LogP contribution in [0.5, 0.6) is 0 Å². The maximum atomic E-state index is 3.32. The second kappa shape index (κ2) is 6.12. The van der Waals surface area contributed by atoms with Crippen LogP contribution < -0.4 is 0 Å². The smallest absolute Gasteiger partial charge is 0.0255 e. The molecule has 0 radical (unpaired) electrons. The second-order valence-corrected chi connectivity index (χ2v) is 4.00. The zero-order chi connectivity index (χ0) is 9.45. The van der Waals surface area contributed by atoms with Crippen LogP contribution in [0.4, 0.5) is 0 Å². The quantitative estimate of drug-likeness (QED) is 0.437.